The number of nitrogens with zero attached hydrogens (tertiary/aromatic N) is 1. The minimum Gasteiger partial charge on any atom is -0.464 e. The van der Waals surface area contributed by atoms with Gasteiger partial charge in [0.25, 0.3) is 0 Å². The van der Waals surface area contributed by atoms with Crippen LogP contribution < -0.4 is 4.90 Å². The quantitative estimate of drug-likeness (QED) is 0.860. The molecule has 0 amide bonds. The molecule has 1 aliphatic heterocycles. The number of esters is 1. The van der Waals surface area contributed by atoms with E-state index in [0.717, 1.165) is 11.3 Å². The molecule has 1 saturated heterocycles. The predicted octanol–water partition coefficient (Wildman–Crippen LogP) is 3.58. The number of hydrogen-bond donors (Lipinski definition) is 1. The normalized spacial score (nSPS) is 23.3. The molecule has 0 spiro atoms. The fraction of sp³-hybridized carbons (Fsp3) is 0.316. The highest BCUT2D eigenvalue weighted by atomic mass is 35.5. The number of carbonyl (C=O) groups excluding carboxylic acids is 1. The molecule has 3 atom stereocenters. The highest BCUT2D eigenvalue weighted by molar-refractivity contribution is 6.30. The van der Waals surface area contributed by atoms with Crippen molar-refractivity contribution in [2.45, 2.75) is 31.5 Å². The Morgan fingerprint density at radius 3 is 2.67 bits per heavy atom. The molecule has 1 heterocycles. The van der Waals surface area contributed by atoms with Gasteiger partial charge in [0.2, 0.25) is 0 Å². The average molecular weight is 346 g/mol. The van der Waals surface area contributed by atoms with Crippen molar-refractivity contribution in [3.63, 3.8) is 0 Å². The zero-order chi connectivity index (χ0) is 17.1. The molecular formula is C19H20ClNO3. The largest absolute Gasteiger partial charge is 0.464 e. The summed E-state index contributed by atoms with van der Waals surface area (Å²) in [6.45, 7) is 2.05. The van der Waals surface area contributed by atoms with Gasteiger partial charge in [0, 0.05) is 17.1 Å². The summed E-state index contributed by atoms with van der Waals surface area (Å²) in [6.07, 6.45) is -0.355. The lowest BCUT2D eigenvalue weighted by Crippen LogP contribution is -2.43. The van der Waals surface area contributed by atoms with E-state index in [2.05, 4.69) is 0 Å². The zero-order valence-electron chi connectivity index (χ0n) is 13.4. The van der Waals surface area contributed by atoms with Crippen LogP contribution in [0.1, 0.15) is 24.9 Å². The van der Waals surface area contributed by atoms with Crippen molar-refractivity contribution >= 4 is 23.3 Å². The number of ether oxygens (including phenoxy) is 1. The van der Waals surface area contributed by atoms with Gasteiger partial charge < -0.3 is 14.7 Å². The van der Waals surface area contributed by atoms with Gasteiger partial charge in [0.15, 0.2) is 6.04 Å². The van der Waals surface area contributed by atoms with Crippen LogP contribution in [-0.2, 0) is 9.53 Å². The molecular weight excluding hydrogens is 326 g/mol. The molecule has 1 aliphatic rings. The topological polar surface area (TPSA) is 49.8 Å². The molecule has 0 unspecified atom stereocenters. The van der Waals surface area contributed by atoms with Crippen LogP contribution >= 0.6 is 11.6 Å². The standard InChI is InChI=1S/C19H20ClNO3/c1-2-24-19(23)18-17(22)12-16(13-7-6-8-14(20)11-13)21(18)15-9-4-3-5-10-15/h3-11,16-18,22H,2,12H2,1H3/t16-,17-,18+/m1/s1. The number of carbonyl (C=O) groups is 1. The highest BCUT2D eigenvalue weighted by Crippen LogP contribution is 2.41. The fourth-order valence-electron chi connectivity index (χ4n) is 3.30. The number of anilines is 1. The Hall–Kier alpha value is -2.04. The fourth-order valence-corrected chi connectivity index (χ4v) is 3.50. The van der Waals surface area contributed by atoms with Gasteiger partial charge in [0.1, 0.15) is 0 Å². The third-order valence-corrected chi connectivity index (χ3v) is 4.52. The number of rotatable bonds is 4. The number of aliphatic hydroxyl groups excluding tert-OH is 1. The first-order valence-corrected chi connectivity index (χ1v) is 8.43. The molecule has 0 radical (unpaired) electrons. The zero-order valence-corrected chi connectivity index (χ0v) is 14.2. The van der Waals surface area contributed by atoms with Gasteiger partial charge >= 0.3 is 5.97 Å². The molecule has 5 heteroatoms. The van der Waals surface area contributed by atoms with Crippen molar-refractivity contribution in [1.82, 2.24) is 0 Å². The molecule has 2 aromatic rings. The number of benzene rings is 2. The summed E-state index contributed by atoms with van der Waals surface area (Å²) in [4.78, 5) is 14.4. The van der Waals surface area contributed by atoms with Crippen LogP contribution in [0.4, 0.5) is 5.69 Å². The van der Waals surface area contributed by atoms with Gasteiger partial charge in [-0.2, -0.15) is 0 Å². The van der Waals surface area contributed by atoms with Crippen LogP contribution in [0.15, 0.2) is 54.6 Å². The Balaban J connectivity index is 2.03. The Labute approximate surface area is 146 Å². The van der Waals surface area contributed by atoms with E-state index in [4.69, 9.17) is 16.3 Å². The van der Waals surface area contributed by atoms with Gasteiger partial charge in [-0.3, -0.25) is 0 Å². The summed E-state index contributed by atoms with van der Waals surface area (Å²) in [6, 6.07) is 16.3. The van der Waals surface area contributed by atoms with E-state index in [1.807, 2.05) is 59.5 Å². The second kappa shape index (κ2) is 7.24. The molecule has 1 fully saturated rings. The van der Waals surface area contributed by atoms with E-state index in [0.29, 0.717) is 11.4 Å². The van der Waals surface area contributed by atoms with Crippen LogP contribution in [0.25, 0.3) is 0 Å². The summed E-state index contributed by atoms with van der Waals surface area (Å²) in [7, 11) is 0. The first kappa shape index (κ1) is 16.8. The van der Waals surface area contributed by atoms with Crippen molar-refractivity contribution in [1.29, 1.82) is 0 Å². The van der Waals surface area contributed by atoms with Crippen molar-refractivity contribution in [2.24, 2.45) is 0 Å². The number of halogens is 1. The predicted molar refractivity (Wildman–Crippen MR) is 94.2 cm³/mol. The minimum atomic E-state index is -0.798. The molecule has 0 aliphatic carbocycles. The second-order valence-corrected chi connectivity index (χ2v) is 6.25. The summed E-state index contributed by atoms with van der Waals surface area (Å²) in [5.74, 6) is -0.404. The number of hydrogen-bond acceptors (Lipinski definition) is 4. The van der Waals surface area contributed by atoms with E-state index in [1.165, 1.54) is 0 Å². The first-order chi connectivity index (χ1) is 11.6. The maximum absolute atomic E-state index is 12.4. The molecule has 1 N–H and O–H groups in total. The summed E-state index contributed by atoms with van der Waals surface area (Å²) in [5, 5.41) is 11.2. The van der Waals surface area contributed by atoms with Crippen molar-refractivity contribution in [2.75, 3.05) is 11.5 Å². The van der Waals surface area contributed by atoms with Crippen LogP contribution in [0.3, 0.4) is 0 Å². The Bertz CT molecular complexity index is 707. The third-order valence-electron chi connectivity index (χ3n) is 4.28. The average Bonchev–Trinajstić information content (AvgIpc) is 2.93. The summed E-state index contributed by atoms with van der Waals surface area (Å²) < 4.78 is 5.19. The van der Waals surface area contributed by atoms with Crippen molar-refractivity contribution in [3.05, 3.63) is 65.2 Å². The molecule has 24 heavy (non-hydrogen) atoms. The van der Waals surface area contributed by atoms with Crippen LogP contribution in [0.5, 0.6) is 0 Å². The second-order valence-electron chi connectivity index (χ2n) is 5.81. The maximum atomic E-state index is 12.4. The number of aliphatic hydroxyl groups is 1. The maximum Gasteiger partial charge on any atom is 0.331 e. The lowest BCUT2D eigenvalue weighted by Gasteiger charge is -2.31. The van der Waals surface area contributed by atoms with Crippen molar-refractivity contribution < 1.29 is 14.6 Å². The van der Waals surface area contributed by atoms with Gasteiger partial charge in [-0.1, -0.05) is 41.9 Å². The van der Waals surface area contributed by atoms with E-state index in [9.17, 15) is 9.90 Å². The van der Waals surface area contributed by atoms with E-state index >= 15 is 0 Å². The van der Waals surface area contributed by atoms with Gasteiger partial charge in [-0.05, 0) is 36.8 Å². The lowest BCUT2D eigenvalue weighted by atomic mass is 10.0. The molecule has 0 aromatic heterocycles. The van der Waals surface area contributed by atoms with Crippen LogP contribution in [0.2, 0.25) is 5.02 Å². The SMILES string of the molecule is CCOC(=O)[C@@H]1[C@H](O)C[C@H](c2cccc(Cl)c2)N1c1ccccc1. The molecule has 3 rings (SSSR count). The van der Waals surface area contributed by atoms with Gasteiger partial charge in [0.05, 0.1) is 18.8 Å². The molecule has 126 valence electrons. The van der Waals surface area contributed by atoms with E-state index in [-0.39, 0.29) is 12.6 Å². The summed E-state index contributed by atoms with van der Waals surface area (Å²) >= 11 is 6.13. The summed E-state index contributed by atoms with van der Waals surface area (Å²) in [5.41, 5.74) is 1.84. The molecule has 2 aromatic carbocycles. The minimum absolute atomic E-state index is 0.143. The van der Waals surface area contributed by atoms with Crippen LogP contribution in [-0.4, -0.2) is 29.8 Å². The van der Waals surface area contributed by atoms with Gasteiger partial charge in [-0.25, -0.2) is 4.79 Å². The Kier molecular flexibility index (Phi) is 5.07. The van der Waals surface area contributed by atoms with Crippen molar-refractivity contribution in [3.8, 4) is 0 Å². The van der Waals surface area contributed by atoms with Gasteiger partial charge in [-0.15, -0.1) is 0 Å². The Morgan fingerprint density at radius 2 is 2.00 bits per heavy atom. The number of para-hydroxylation sites is 1. The molecule has 0 saturated carbocycles. The molecule has 4 nitrogen and oxygen atoms in total. The van der Waals surface area contributed by atoms with E-state index in [1.54, 1.807) is 6.92 Å². The highest BCUT2D eigenvalue weighted by Gasteiger charge is 2.46. The smallest absolute Gasteiger partial charge is 0.331 e. The first-order valence-electron chi connectivity index (χ1n) is 8.05. The van der Waals surface area contributed by atoms with Crippen LogP contribution in [0, 0.1) is 0 Å². The molecule has 0 bridgehead atoms. The third kappa shape index (κ3) is 3.25. The van der Waals surface area contributed by atoms with E-state index < -0.39 is 18.1 Å². The lowest BCUT2D eigenvalue weighted by molar-refractivity contribution is -0.146. The monoisotopic (exact) mass is 345 g/mol. The Morgan fingerprint density at radius 1 is 1.25 bits per heavy atom.